The number of nitrogens with zero attached hydrogens (tertiary/aromatic N) is 2. The molecule has 0 amide bonds. The molecule has 0 unspecified atom stereocenters. The maximum absolute atomic E-state index is 6.00. The van der Waals surface area contributed by atoms with E-state index in [2.05, 4.69) is 15.3 Å². The average molecular weight is 278 g/mol. The monoisotopic (exact) mass is 277 g/mol. The maximum atomic E-state index is 6.00. The van der Waals surface area contributed by atoms with E-state index in [0.717, 1.165) is 23.4 Å². The molecule has 0 aliphatic rings. The summed E-state index contributed by atoms with van der Waals surface area (Å²) in [6.45, 7) is 6.67. The van der Waals surface area contributed by atoms with Gasteiger partial charge in [0.05, 0.1) is 0 Å². The molecule has 2 aromatic rings. The van der Waals surface area contributed by atoms with Crippen molar-refractivity contribution in [1.82, 2.24) is 9.97 Å². The van der Waals surface area contributed by atoms with Gasteiger partial charge in [-0.1, -0.05) is 11.6 Å². The van der Waals surface area contributed by atoms with Gasteiger partial charge in [-0.25, -0.2) is 4.98 Å². The molecule has 2 rings (SSSR count). The summed E-state index contributed by atoms with van der Waals surface area (Å²) in [7, 11) is 0. The van der Waals surface area contributed by atoms with Gasteiger partial charge in [-0.3, -0.25) is 0 Å². The molecular formula is C14H16ClN3O. The highest BCUT2D eigenvalue weighted by Crippen LogP contribution is 2.30. The highest BCUT2D eigenvalue weighted by atomic mass is 35.5. The number of benzene rings is 1. The molecule has 0 spiro atoms. The topological polar surface area (TPSA) is 47.0 Å². The fourth-order valence-corrected chi connectivity index (χ4v) is 2.13. The summed E-state index contributed by atoms with van der Waals surface area (Å²) in [4.78, 5) is 8.39. The third-order valence-corrected chi connectivity index (χ3v) is 2.81. The molecule has 0 saturated heterocycles. The van der Waals surface area contributed by atoms with E-state index in [0.29, 0.717) is 16.9 Å². The zero-order chi connectivity index (χ0) is 13.8. The number of hydrogen-bond donors (Lipinski definition) is 1. The van der Waals surface area contributed by atoms with Crippen LogP contribution in [0.5, 0.6) is 11.6 Å². The Morgan fingerprint density at radius 2 is 1.95 bits per heavy atom. The summed E-state index contributed by atoms with van der Waals surface area (Å²) in [5.74, 6) is 1.86. The first-order chi connectivity index (χ1) is 9.10. The Morgan fingerprint density at radius 1 is 1.26 bits per heavy atom. The molecule has 1 N–H and O–H groups in total. The van der Waals surface area contributed by atoms with Crippen LogP contribution in [0.3, 0.4) is 0 Å². The Kier molecular flexibility index (Phi) is 4.22. The summed E-state index contributed by atoms with van der Waals surface area (Å²) in [5, 5.41) is 3.76. The Balaban J connectivity index is 2.28. The summed E-state index contributed by atoms with van der Waals surface area (Å²) < 4.78 is 5.83. The number of aromatic nitrogens is 2. The van der Waals surface area contributed by atoms with E-state index in [-0.39, 0.29) is 0 Å². The fourth-order valence-electron chi connectivity index (χ4n) is 1.81. The smallest absolute Gasteiger partial charge is 0.225 e. The molecule has 0 aliphatic carbocycles. The van der Waals surface area contributed by atoms with E-state index >= 15 is 0 Å². The lowest BCUT2D eigenvalue weighted by molar-refractivity contribution is 0.455. The molecule has 1 aromatic carbocycles. The standard InChI is InChI=1S/C14H16ClN3O/c1-4-16-14-17-6-5-12(18-14)19-13-9(2)7-11(15)8-10(13)3/h5-8H,4H2,1-3H3,(H,16,17,18). The predicted octanol–water partition coefficient (Wildman–Crippen LogP) is 3.97. The molecule has 4 nitrogen and oxygen atoms in total. The Labute approximate surface area is 117 Å². The second-order valence-corrected chi connectivity index (χ2v) is 4.66. The van der Waals surface area contributed by atoms with Gasteiger partial charge < -0.3 is 10.1 Å². The third-order valence-electron chi connectivity index (χ3n) is 2.60. The number of rotatable bonds is 4. The number of nitrogens with one attached hydrogen (secondary N) is 1. The van der Waals surface area contributed by atoms with Gasteiger partial charge in [0.15, 0.2) is 0 Å². The van der Waals surface area contributed by atoms with E-state index in [9.17, 15) is 0 Å². The number of halogens is 1. The summed E-state index contributed by atoms with van der Waals surface area (Å²) >= 11 is 6.00. The van der Waals surface area contributed by atoms with Crippen molar-refractivity contribution >= 4 is 17.5 Å². The fraction of sp³-hybridized carbons (Fsp3) is 0.286. The summed E-state index contributed by atoms with van der Waals surface area (Å²) in [6.07, 6.45) is 1.67. The molecule has 0 aliphatic heterocycles. The lowest BCUT2D eigenvalue weighted by atomic mass is 10.1. The van der Waals surface area contributed by atoms with Gasteiger partial charge in [0.25, 0.3) is 0 Å². The molecule has 0 bridgehead atoms. The van der Waals surface area contributed by atoms with Crippen molar-refractivity contribution in [2.45, 2.75) is 20.8 Å². The molecular weight excluding hydrogens is 262 g/mol. The van der Waals surface area contributed by atoms with E-state index in [4.69, 9.17) is 16.3 Å². The third kappa shape index (κ3) is 3.35. The summed E-state index contributed by atoms with van der Waals surface area (Å²) in [5.41, 5.74) is 1.96. The zero-order valence-electron chi connectivity index (χ0n) is 11.2. The van der Waals surface area contributed by atoms with Gasteiger partial charge in [0.1, 0.15) is 5.75 Å². The van der Waals surface area contributed by atoms with Gasteiger partial charge >= 0.3 is 0 Å². The first-order valence-electron chi connectivity index (χ1n) is 6.11. The molecule has 1 heterocycles. The number of hydrogen-bond acceptors (Lipinski definition) is 4. The minimum absolute atomic E-state index is 0.513. The van der Waals surface area contributed by atoms with Crippen LogP contribution in [0.2, 0.25) is 5.02 Å². The van der Waals surface area contributed by atoms with Crippen molar-refractivity contribution in [2.75, 3.05) is 11.9 Å². The van der Waals surface area contributed by atoms with Crippen molar-refractivity contribution in [3.05, 3.63) is 40.5 Å². The van der Waals surface area contributed by atoms with Crippen LogP contribution < -0.4 is 10.1 Å². The van der Waals surface area contributed by atoms with Crippen molar-refractivity contribution in [1.29, 1.82) is 0 Å². The lowest BCUT2D eigenvalue weighted by Crippen LogP contribution is -2.02. The van der Waals surface area contributed by atoms with Gasteiger partial charge in [-0.2, -0.15) is 4.98 Å². The van der Waals surface area contributed by atoms with Gasteiger partial charge in [-0.15, -0.1) is 0 Å². The first-order valence-corrected chi connectivity index (χ1v) is 6.49. The second kappa shape index (κ2) is 5.89. The van der Waals surface area contributed by atoms with E-state index in [1.54, 1.807) is 12.3 Å². The quantitative estimate of drug-likeness (QED) is 0.918. The van der Waals surface area contributed by atoms with E-state index in [1.165, 1.54) is 0 Å². The molecule has 19 heavy (non-hydrogen) atoms. The van der Waals surface area contributed by atoms with Crippen molar-refractivity contribution in [2.24, 2.45) is 0 Å². The average Bonchev–Trinajstić information content (AvgIpc) is 2.35. The highest BCUT2D eigenvalue weighted by molar-refractivity contribution is 6.30. The largest absolute Gasteiger partial charge is 0.438 e. The van der Waals surface area contributed by atoms with Crippen molar-refractivity contribution < 1.29 is 4.74 Å². The highest BCUT2D eigenvalue weighted by Gasteiger charge is 2.08. The van der Waals surface area contributed by atoms with Gasteiger partial charge in [0, 0.05) is 23.8 Å². The second-order valence-electron chi connectivity index (χ2n) is 4.22. The molecule has 0 atom stereocenters. The van der Waals surface area contributed by atoms with Crippen LogP contribution >= 0.6 is 11.6 Å². The van der Waals surface area contributed by atoms with E-state index < -0.39 is 0 Å². The maximum Gasteiger partial charge on any atom is 0.225 e. The van der Waals surface area contributed by atoms with Crippen molar-refractivity contribution in [3.8, 4) is 11.6 Å². The van der Waals surface area contributed by atoms with Crippen molar-refractivity contribution in [3.63, 3.8) is 0 Å². The predicted molar refractivity (Wildman–Crippen MR) is 77.2 cm³/mol. The molecule has 5 heteroatoms. The SMILES string of the molecule is CCNc1nccc(Oc2c(C)cc(Cl)cc2C)n1. The van der Waals surface area contributed by atoms with E-state index in [1.807, 2.05) is 32.9 Å². The van der Waals surface area contributed by atoms with Crippen LogP contribution in [-0.4, -0.2) is 16.5 Å². The van der Waals surface area contributed by atoms with Gasteiger partial charge in [-0.05, 0) is 44.0 Å². The molecule has 100 valence electrons. The van der Waals surface area contributed by atoms with Crippen LogP contribution in [-0.2, 0) is 0 Å². The zero-order valence-corrected chi connectivity index (χ0v) is 12.0. The molecule has 1 aromatic heterocycles. The normalized spacial score (nSPS) is 10.3. The minimum Gasteiger partial charge on any atom is -0.438 e. The van der Waals surface area contributed by atoms with Crippen LogP contribution in [0, 0.1) is 13.8 Å². The summed E-state index contributed by atoms with van der Waals surface area (Å²) in [6, 6.07) is 5.47. The molecule has 0 saturated carbocycles. The molecule has 0 radical (unpaired) electrons. The van der Waals surface area contributed by atoms with Crippen LogP contribution in [0.1, 0.15) is 18.1 Å². The Morgan fingerprint density at radius 3 is 2.58 bits per heavy atom. The minimum atomic E-state index is 0.513. The lowest BCUT2D eigenvalue weighted by Gasteiger charge is -2.12. The Bertz CT molecular complexity index is 564. The van der Waals surface area contributed by atoms with Crippen LogP contribution in [0.15, 0.2) is 24.4 Å². The van der Waals surface area contributed by atoms with Gasteiger partial charge in [0.2, 0.25) is 11.8 Å². The number of aryl methyl sites for hydroxylation is 2. The Hall–Kier alpha value is -1.81. The molecule has 0 fully saturated rings. The van der Waals surface area contributed by atoms with Crippen LogP contribution in [0.25, 0.3) is 0 Å². The van der Waals surface area contributed by atoms with Crippen LogP contribution in [0.4, 0.5) is 5.95 Å². The number of ether oxygens (including phenoxy) is 1. The first kappa shape index (κ1) is 13.6. The number of anilines is 1.